The fraction of sp³-hybridized carbons (Fsp3) is 0.552. The van der Waals surface area contributed by atoms with Crippen molar-refractivity contribution in [2.75, 3.05) is 5.32 Å². The summed E-state index contributed by atoms with van der Waals surface area (Å²) in [5.41, 5.74) is 2.58. The number of benzene rings is 4. The number of carbonyl (C=O) groups is 6. The first-order valence-corrected chi connectivity index (χ1v) is 30.5. The standard InChI is InChI=1S/C23H31NO4.C22H31NO4.C22H25NO4/c1-2-23(12-6-7-13-23)28-21(25)19-17-10-11-18(14-17)20(19)24-22(26)27-15-16-8-4-3-5-9-16;2*1-2-22(14-8-9-15-22)27-20(24)18-12-6-7-13-19(18)23-21(25)26-16-17-10-4-3-5-11-17/h3-5,8-9,17-20H,2,6-7,10-15H2,1H3,(H,24,26);3-5,10-11,18-19H,2,6-9,12-16H2,1H3,(H,23,25);3-7,10-13H,2,8-9,14-16H2,1H3,(H,23,25). The summed E-state index contributed by atoms with van der Waals surface area (Å²) in [6.45, 7) is 6.88. The third-order valence-electron chi connectivity index (χ3n) is 18.3. The van der Waals surface area contributed by atoms with E-state index in [0.717, 1.165) is 158 Å². The van der Waals surface area contributed by atoms with Gasteiger partial charge in [-0.05, 0) is 169 Å². The molecule has 3 amide bonds. The monoisotopic (exact) mass is 1130 g/mol. The van der Waals surface area contributed by atoms with Crippen molar-refractivity contribution in [1.82, 2.24) is 10.6 Å². The molecular weight excluding hydrogens is 1040 g/mol. The molecule has 0 heterocycles. The van der Waals surface area contributed by atoms with E-state index in [2.05, 4.69) is 29.8 Å². The molecule has 0 aromatic heterocycles. The number of alkyl carbamates (subject to hydrolysis) is 2. The Morgan fingerprint density at radius 2 is 0.878 bits per heavy atom. The van der Waals surface area contributed by atoms with Gasteiger partial charge in [0.05, 0.1) is 23.1 Å². The molecule has 6 aliphatic rings. The number of hydrogen-bond acceptors (Lipinski definition) is 12. The van der Waals surface area contributed by atoms with Crippen LogP contribution in [0.3, 0.4) is 0 Å². The fourth-order valence-electron chi connectivity index (χ4n) is 13.3. The third-order valence-corrected chi connectivity index (χ3v) is 18.3. The number of carbonyl (C=O) groups excluding carboxylic acids is 6. The summed E-state index contributed by atoms with van der Waals surface area (Å²) in [5, 5.41) is 8.57. The zero-order chi connectivity index (χ0) is 57.8. The molecule has 0 radical (unpaired) electrons. The van der Waals surface area contributed by atoms with Gasteiger partial charge in [-0.15, -0.1) is 0 Å². The summed E-state index contributed by atoms with van der Waals surface area (Å²) < 4.78 is 33.9. The van der Waals surface area contributed by atoms with Crippen LogP contribution in [-0.2, 0) is 57.8 Å². The highest BCUT2D eigenvalue weighted by Gasteiger charge is 2.54. The predicted molar refractivity (Wildman–Crippen MR) is 312 cm³/mol. The Hall–Kier alpha value is -6.90. The van der Waals surface area contributed by atoms with Gasteiger partial charge in [-0.3, -0.25) is 14.9 Å². The van der Waals surface area contributed by atoms with Gasteiger partial charge in [-0.25, -0.2) is 19.2 Å². The van der Waals surface area contributed by atoms with Crippen molar-refractivity contribution >= 4 is 41.9 Å². The lowest BCUT2D eigenvalue weighted by molar-refractivity contribution is -0.168. The van der Waals surface area contributed by atoms with Crippen LogP contribution in [0.15, 0.2) is 115 Å². The van der Waals surface area contributed by atoms with Crippen LogP contribution in [-0.4, -0.2) is 65.1 Å². The maximum atomic E-state index is 13.1. The summed E-state index contributed by atoms with van der Waals surface area (Å²) in [4.78, 5) is 75.5. The Labute approximate surface area is 485 Å². The first kappa shape index (κ1) is 61.2. The van der Waals surface area contributed by atoms with Crippen molar-refractivity contribution in [2.24, 2.45) is 23.7 Å². The average Bonchev–Trinajstić information content (AvgIpc) is 4.51. The fourth-order valence-corrected chi connectivity index (χ4v) is 13.3. The highest BCUT2D eigenvalue weighted by Crippen LogP contribution is 2.50. The topological polar surface area (TPSA) is 194 Å². The molecule has 0 saturated heterocycles. The van der Waals surface area contributed by atoms with Gasteiger partial charge in [-0.2, -0.15) is 0 Å². The molecule has 3 N–H and O–H groups in total. The molecule has 4 aromatic rings. The summed E-state index contributed by atoms with van der Waals surface area (Å²) in [6.07, 6.45) is 20.0. The quantitative estimate of drug-likeness (QED) is 0.0631. The number of rotatable bonds is 18. The van der Waals surface area contributed by atoms with Gasteiger partial charge in [0.25, 0.3) is 0 Å². The van der Waals surface area contributed by atoms with Gasteiger partial charge >= 0.3 is 36.2 Å². The van der Waals surface area contributed by atoms with Gasteiger partial charge < -0.3 is 39.1 Å². The second-order valence-electron chi connectivity index (χ2n) is 23.5. The van der Waals surface area contributed by atoms with E-state index >= 15 is 0 Å². The van der Waals surface area contributed by atoms with Crippen LogP contribution in [0.5, 0.6) is 0 Å². The Balaban J connectivity index is 0.000000161. The molecule has 6 atom stereocenters. The lowest BCUT2D eigenvalue weighted by atomic mass is 9.84. The number of hydrogen-bond donors (Lipinski definition) is 3. The molecule has 6 saturated carbocycles. The van der Waals surface area contributed by atoms with Crippen molar-refractivity contribution in [2.45, 2.75) is 211 Å². The van der Waals surface area contributed by atoms with Crippen LogP contribution >= 0.6 is 0 Å². The maximum Gasteiger partial charge on any atom is 0.411 e. The normalized spacial score (nSPS) is 23.3. The van der Waals surface area contributed by atoms with Gasteiger partial charge in [0.2, 0.25) is 0 Å². The Morgan fingerprint density at radius 3 is 1.39 bits per heavy atom. The van der Waals surface area contributed by atoms with Crippen LogP contribution in [0.4, 0.5) is 20.1 Å². The van der Waals surface area contributed by atoms with Crippen LogP contribution < -0.4 is 16.0 Å². The minimum absolute atomic E-state index is 0.107. The number of esters is 3. The minimum atomic E-state index is -0.606. The van der Waals surface area contributed by atoms with Gasteiger partial charge in [-0.1, -0.05) is 137 Å². The third kappa shape index (κ3) is 16.9. The smallest absolute Gasteiger partial charge is 0.411 e. The summed E-state index contributed by atoms with van der Waals surface area (Å²) in [6, 6.07) is 35.1. The van der Waals surface area contributed by atoms with Gasteiger partial charge in [0.15, 0.2) is 0 Å². The van der Waals surface area contributed by atoms with E-state index in [1.54, 1.807) is 24.3 Å². The van der Waals surface area contributed by atoms with Crippen LogP contribution in [0.25, 0.3) is 0 Å². The number of nitrogens with one attached hydrogen (secondary N) is 3. The zero-order valence-electron chi connectivity index (χ0n) is 48.5. The molecule has 0 aliphatic heterocycles. The molecule has 6 aliphatic carbocycles. The number of fused-ring (bicyclic) bond motifs is 2. The molecule has 15 heteroatoms. The van der Waals surface area contributed by atoms with E-state index in [1.807, 2.05) is 97.9 Å². The second kappa shape index (κ2) is 29.9. The molecule has 15 nitrogen and oxygen atoms in total. The molecule has 442 valence electrons. The Bertz CT molecular complexity index is 2690. The molecule has 0 spiro atoms. The summed E-state index contributed by atoms with van der Waals surface area (Å²) in [7, 11) is 0. The predicted octanol–water partition coefficient (Wildman–Crippen LogP) is 14.6. The van der Waals surface area contributed by atoms with E-state index in [9.17, 15) is 28.8 Å². The minimum Gasteiger partial charge on any atom is -0.459 e. The van der Waals surface area contributed by atoms with Crippen LogP contribution in [0.2, 0.25) is 0 Å². The lowest BCUT2D eigenvalue weighted by Gasteiger charge is -2.34. The van der Waals surface area contributed by atoms with Crippen molar-refractivity contribution in [3.05, 3.63) is 138 Å². The van der Waals surface area contributed by atoms with E-state index < -0.39 is 24.2 Å². The van der Waals surface area contributed by atoms with Crippen molar-refractivity contribution in [3.8, 4) is 0 Å². The van der Waals surface area contributed by atoms with Crippen molar-refractivity contribution in [1.29, 1.82) is 0 Å². The molecule has 10 rings (SSSR count). The van der Waals surface area contributed by atoms with E-state index in [0.29, 0.717) is 23.1 Å². The highest BCUT2D eigenvalue weighted by molar-refractivity contribution is 6.00. The molecule has 82 heavy (non-hydrogen) atoms. The largest absolute Gasteiger partial charge is 0.459 e. The number of ether oxygens (including phenoxy) is 6. The first-order valence-electron chi connectivity index (χ1n) is 30.5. The first-order chi connectivity index (χ1) is 39.8. The molecular formula is C67H87N3O12. The van der Waals surface area contributed by atoms with Crippen LogP contribution in [0.1, 0.15) is 189 Å². The van der Waals surface area contributed by atoms with Crippen LogP contribution in [0, 0.1) is 23.7 Å². The van der Waals surface area contributed by atoms with E-state index in [4.69, 9.17) is 28.4 Å². The van der Waals surface area contributed by atoms with Gasteiger partial charge in [0, 0.05) is 12.1 Å². The van der Waals surface area contributed by atoms with E-state index in [1.165, 1.54) is 0 Å². The van der Waals surface area contributed by atoms with Crippen molar-refractivity contribution in [3.63, 3.8) is 0 Å². The molecule has 6 fully saturated rings. The van der Waals surface area contributed by atoms with Crippen molar-refractivity contribution < 1.29 is 57.2 Å². The molecule has 4 aromatic carbocycles. The number of para-hydroxylation sites is 1. The summed E-state index contributed by atoms with van der Waals surface area (Å²) >= 11 is 0. The highest BCUT2D eigenvalue weighted by atomic mass is 16.6. The SMILES string of the molecule is CCC1(OC(=O)C2C3CCC(C3)C2NC(=O)OCc2ccccc2)CCCC1.CCC1(OC(=O)C2CCCCC2NC(=O)OCc2ccccc2)CCCC1.CCC1(OC(=O)c2ccccc2NC(=O)OCc2ccccc2)CCCC1. The second-order valence-corrected chi connectivity index (χ2v) is 23.5. The summed E-state index contributed by atoms with van der Waals surface area (Å²) in [5.74, 6) is -0.479. The lowest BCUT2D eigenvalue weighted by Crippen LogP contribution is -2.49. The Morgan fingerprint density at radius 1 is 0.451 bits per heavy atom. The Kier molecular flexibility index (Phi) is 22.3. The zero-order valence-corrected chi connectivity index (χ0v) is 48.5. The maximum absolute atomic E-state index is 13.1. The average molecular weight is 1130 g/mol. The number of amides is 3. The molecule has 2 bridgehead atoms. The van der Waals surface area contributed by atoms with E-state index in [-0.39, 0.29) is 72.5 Å². The molecule has 6 unspecified atom stereocenters. The van der Waals surface area contributed by atoms with Gasteiger partial charge in [0.1, 0.15) is 36.6 Å². The number of anilines is 1.